The number of benzene rings is 1. The summed E-state index contributed by atoms with van der Waals surface area (Å²) in [6.45, 7) is 6.34. The first-order valence-electron chi connectivity index (χ1n) is 8.79. The summed E-state index contributed by atoms with van der Waals surface area (Å²) in [4.78, 5) is 21.2. The standard InChI is InChI=1S/C19H26N4O2/c1-16(23-11-8-20-15-23)19(24)22-10-3-9-21(12-13-22)14-17-4-6-18(25-2)7-5-17/h4-8,11,15-16H,3,9-10,12-14H2,1-2H3. The van der Waals surface area contributed by atoms with Crippen LogP contribution in [0.1, 0.15) is 24.9 Å². The SMILES string of the molecule is COc1ccc(CN2CCCN(C(=O)C(C)n3ccnc3)CC2)cc1. The maximum atomic E-state index is 12.7. The van der Waals surface area contributed by atoms with Gasteiger partial charge in [0.1, 0.15) is 11.8 Å². The Morgan fingerprint density at radius 2 is 2.00 bits per heavy atom. The fourth-order valence-corrected chi connectivity index (χ4v) is 3.23. The van der Waals surface area contributed by atoms with Gasteiger partial charge in [0.2, 0.25) is 5.91 Å². The number of imidazole rings is 1. The predicted octanol–water partition coefficient (Wildman–Crippen LogP) is 2.19. The lowest BCUT2D eigenvalue weighted by Gasteiger charge is -2.25. The van der Waals surface area contributed by atoms with Crippen LogP contribution >= 0.6 is 0 Å². The highest BCUT2D eigenvalue weighted by molar-refractivity contribution is 5.80. The molecule has 1 aromatic heterocycles. The lowest BCUT2D eigenvalue weighted by Crippen LogP contribution is -2.38. The molecule has 1 unspecified atom stereocenters. The molecule has 1 saturated heterocycles. The molecule has 0 bridgehead atoms. The first kappa shape index (κ1) is 17.5. The minimum atomic E-state index is -0.198. The summed E-state index contributed by atoms with van der Waals surface area (Å²) in [6.07, 6.45) is 6.26. The van der Waals surface area contributed by atoms with Crippen molar-refractivity contribution in [2.45, 2.75) is 25.9 Å². The summed E-state index contributed by atoms with van der Waals surface area (Å²) in [5, 5.41) is 0. The van der Waals surface area contributed by atoms with Crippen LogP contribution in [0.25, 0.3) is 0 Å². The number of carbonyl (C=O) groups excluding carboxylic acids is 1. The topological polar surface area (TPSA) is 50.6 Å². The van der Waals surface area contributed by atoms with E-state index in [-0.39, 0.29) is 11.9 Å². The fraction of sp³-hybridized carbons (Fsp3) is 0.474. The molecular formula is C19H26N4O2. The molecule has 0 spiro atoms. The highest BCUT2D eigenvalue weighted by Crippen LogP contribution is 2.16. The number of hydrogen-bond donors (Lipinski definition) is 0. The van der Waals surface area contributed by atoms with Crippen LogP contribution in [0.5, 0.6) is 5.75 Å². The van der Waals surface area contributed by atoms with Crippen molar-refractivity contribution in [3.8, 4) is 5.75 Å². The molecule has 1 atom stereocenters. The van der Waals surface area contributed by atoms with Crippen LogP contribution in [0.15, 0.2) is 43.0 Å². The molecule has 25 heavy (non-hydrogen) atoms. The third-order valence-electron chi connectivity index (χ3n) is 4.79. The van der Waals surface area contributed by atoms with Crippen molar-refractivity contribution in [1.29, 1.82) is 0 Å². The van der Waals surface area contributed by atoms with E-state index in [9.17, 15) is 4.79 Å². The molecule has 1 aromatic carbocycles. The zero-order valence-corrected chi connectivity index (χ0v) is 15.0. The van der Waals surface area contributed by atoms with Crippen LogP contribution in [-0.2, 0) is 11.3 Å². The zero-order chi connectivity index (χ0) is 17.6. The Hall–Kier alpha value is -2.34. The van der Waals surface area contributed by atoms with Gasteiger partial charge in [-0.05, 0) is 31.0 Å². The highest BCUT2D eigenvalue weighted by atomic mass is 16.5. The lowest BCUT2D eigenvalue weighted by molar-refractivity contribution is -0.134. The number of hydrogen-bond acceptors (Lipinski definition) is 4. The van der Waals surface area contributed by atoms with Crippen LogP contribution in [0, 0.1) is 0 Å². The third-order valence-corrected chi connectivity index (χ3v) is 4.79. The molecule has 0 aliphatic carbocycles. The van der Waals surface area contributed by atoms with E-state index in [1.165, 1.54) is 5.56 Å². The van der Waals surface area contributed by atoms with E-state index in [4.69, 9.17) is 4.74 Å². The van der Waals surface area contributed by atoms with Crippen molar-refractivity contribution in [2.24, 2.45) is 0 Å². The molecule has 0 radical (unpaired) electrons. The van der Waals surface area contributed by atoms with Crippen molar-refractivity contribution >= 4 is 5.91 Å². The second-order valence-corrected chi connectivity index (χ2v) is 6.49. The number of nitrogens with zero attached hydrogens (tertiary/aromatic N) is 4. The van der Waals surface area contributed by atoms with Crippen LogP contribution in [0.4, 0.5) is 0 Å². The third kappa shape index (κ3) is 4.39. The molecule has 0 N–H and O–H groups in total. The summed E-state index contributed by atoms with van der Waals surface area (Å²) < 4.78 is 7.07. The van der Waals surface area contributed by atoms with Crippen LogP contribution in [0.2, 0.25) is 0 Å². The maximum absolute atomic E-state index is 12.7. The summed E-state index contributed by atoms with van der Waals surface area (Å²) in [5.74, 6) is 1.05. The average molecular weight is 342 g/mol. The van der Waals surface area contributed by atoms with Gasteiger partial charge in [0.15, 0.2) is 0 Å². The smallest absolute Gasteiger partial charge is 0.245 e. The van der Waals surface area contributed by atoms with E-state index in [0.717, 1.165) is 44.9 Å². The molecule has 134 valence electrons. The molecule has 6 nitrogen and oxygen atoms in total. The normalized spacial score (nSPS) is 17.1. The minimum Gasteiger partial charge on any atom is -0.497 e. The van der Waals surface area contributed by atoms with E-state index in [1.54, 1.807) is 19.6 Å². The van der Waals surface area contributed by atoms with Crippen molar-refractivity contribution < 1.29 is 9.53 Å². The van der Waals surface area contributed by atoms with Gasteiger partial charge in [-0.15, -0.1) is 0 Å². The van der Waals surface area contributed by atoms with Gasteiger partial charge in [-0.1, -0.05) is 12.1 Å². The van der Waals surface area contributed by atoms with Gasteiger partial charge < -0.3 is 14.2 Å². The van der Waals surface area contributed by atoms with E-state index in [0.29, 0.717) is 0 Å². The summed E-state index contributed by atoms with van der Waals surface area (Å²) in [7, 11) is 1.68. The van der Waals surface area contributed by atoms with Crippen molar-refractivity contribution in [2.75, 3.05) is 33.3 Å². The molecule has 2 aromatic rings. The molecule has 1 aliphatic heterocycles. The van der Waals surface area contributed by atoms with E-state index in [1.807, 2.05) is 34.7 Å². The Labute approximate surface area is 149 Å². The molecular weight excluding hydrogens is 316 g/mol. The second kappa shape index (κ2) is 8.16. The zero-order valence-electron chi connectivity index (χ0n) is 15.0. The maximum Gasteiger partial charge on any atom is 0.245 e. The molecule has 3 rings (SSSR count). The summed E-state index contributed by atoms with van der Waals surface area (Å²) >= 11 is 0. The van der Waals surface area contributed by atoms with Gasteiger partial charge in [-0.3, -0.25) is 9.69 Å². The molecule has 1 fully saturated rings. The monoisotopic (exact) mass is 342 g/mol. The van der Waals surface area contributed by atoms with Gasteiger partial charge >= 0.3 is 0 Å². The average Bonchev–Trinajstić information content (AvgIpc) is 3.08. The second-order valence-electron chi connectivity index (χ2n) is 6.49. The lowest BCUT2D eigenvalue weighted by atomic mass is 10.2. The first-order valence-corrected chi connectivity index (χ1v) is 8.79. The molecule has 2 heterocycles. The van der Waals surface area contributed by atoms with Gasteiger partial charge in [0.05, 0.1) is 13.4 Å². The molecule has 0 saturated carbocycles. The van der Waals surface area contributed by atoms with Gasteiger partial charge in [-0.2, -0.15) is 0 Å². The number of amides is 1. The largest absolute Gasteiger partial charge is 0.497 e. The number of carbonyl (C=O) groups is 1. The molecule has 6 heteroatoms. The van der Waals surface area contributed by atoms with Crippen molar-refractivity contribution in [3.05, 3.63) is 48.5 Å². The van der Waals surface area contributed by atoms with Crippen LogP contribution in [0.3, 0.4) is 0 Å². The fourth-order valence-electron chi connectivity index (χ4n) is 3.23. The minimum absolute atomic E-state index is 0.171. The highest BCUT2D eigenvalue weighted by Gasteiger charge is 2.24. The van der Waals surface area contributed by atoms with Gasteiger partial charge in [0.25, 0.3) is 0 Å². The van der Waals surface area contributed by atoms with Gasteiger partial charge in [0, 0.05) is 45.1 Å². The number of aromatic nitrogens is 2. The summed E-state index contributed by atoms with van der Waals surface area (Å²) in [5.41, 5.74) is 1.27. The van der Waals surface area contributed by atoms with Crippen LogP contribution < -0.4 is 4.74 Å². The Bertz CT molecular complexity index is 669. The van der Waals surface area contributed by atoms with Crippen molar-refractivity contribution in [3.63, 3.8) is 0 Å². The predicted molar refractivity (Wildman–Crippen MR) is 96.4 cm³/mol. The Balaban J connectivity index is 1.55. The number of ether oxygens (including phenoxy) is 1. The Kier molecular flexibility index (Phi) is 5.71. The van der Waals surface area contributed by atoms with E-state index < -0.39 is 0 Å². The van der Waals surface area contributed by atoms with Crippen molar-refractivity contribution in [1.82, 2.24) is 19.4 Å². The number of rotatable bonds is 5. The summed E-state index contributed by atoms with van der Waals surface area (Å²) in [6, 6.07) is 8.00. The van der Waals surface area contributed by atoms with Gasteiger partial charge in [-0.25, -0.2) is 4.98 Å². The molecule has 1 aliphatic rings. The number of methoxy groups -OCH3 is 1. The Morgan fingerprint density at radius 1 is 1.20 bits per heavy atom. The quantitative estimate of drug-likeness (QED) is 0.836. The Morgan fingerprint density at radius 3 is 2.68 bits per heavy atom. The first-order chi connectivity index (χ1) is 12.2. The van der Waals surface area contributed by atoms with E-state index >= 15 is 0 Å². The molecule has 1 amide bonds. The van der Waals surface area contributed by atoms with Crippen LogP contribution in [-0.4, -0.2) is 58.5 Å². The van der Waals surface area contributed by atoms with E-state index in [2.05, 4.69) is 22.0 Å².